The molecule has 1 N–H and O–H groups in total. The predicted molar refractivity (Wildman–Crippen MR) is 98.7 cm³/mol. The number of nitrogens with one attached hydrogen (secondary N) is 1. The first-order valence-corrected chi connectivity index (χ1v) is 9.09. The van der Waals surface area contributed by atoms with Gasteiger partial charge in [-0.15, -0.1) is 0 Å². The molecule has 1 aliphatic rings. The molecule has 2 aromatic carbocycles. The number of carboxylic acid groups (broad SMARTS) is 1. The van der Waals surface area contributed by atoms with Gasteiger partial charge in [0.15, 0.2) is 5.13 Å². The van der Waals surface area contributed by atoms with E-state index in [9.17, 15) is 14.7 Å². The second kappa shape index (κ2) is 6.72. The van der Waals surface area contributed by atoms with Gasteiger partial charge in [0.1, 0.15) is 0 Å². The van der Waals surface area contributed by atoms with E-state index < -0.39 is 5.97 Å². The van der Waals surface area contributed by atoms with Gasteiger partial charge in [-0.05, 0) is 46.7 Å². The monoisotopic (exact) mass is 363 g/mol. The van der Waals surface area contributed by atoms with Crippen LogP contribution in [-0.4, -0.2) is 16.9 Å². The van der Waals surface area contributed by atoms with Gasteiger partial charge in [0.25, 0.3) is 0 Å². The third-order valence-electron chi connectivity index (χ3n) is 4.39. The van der Waals surface area contributed by atoms with E-state index in [0.717, 1.165) is 16.9 Å². The summed E-state index contributed by atoms with van der Waals surface area (Å²) in [4.78, 5) is 27.3. The Bertz CT molecular complexity index is 1010. The minimum absolute atomic E-state index is 0.117. The summed E-state index contributed by atoms with van der Waals surface area (Å²) in [7, 11) is 0. The summed E-state index contributed by atoms with van der Waals surface area (Å²) in [6, 6.07) is 14.8. The normalized spacial score (nSPS) is 11.7. The number of nitrogens with zero attached hydrogens (tertiary/aromatic N) is 1. The Balaban J connectivity index is 1.51. The number of hydrogen-bond acceptors (Lipinski definition) is 5. The Morgan fingerprint density at radius 3 is 2.73 bits per heavy atom. The van der Waals surface area contributed by atoms with Gasteiger partial charge in [0.05, 0.1) is 4.88 Å². The number of carbonyl (C=O) groups is 2. The Morgan fingerprint density at radius 2 is 1.88 bits per heavy atom. The summed E-state index contributed by atoms with van der Waals surface area (Å²) in [6.45, 7) is 0. The second-order valence-electron chi connectivity index (χ2n) is 6.16. The van der Waals surface area contributed by atoms with Crippen LogP contribution in [0.4, 0.5) is 5.13 Å². The molecule has 5 nitrogen and oxygen atoms in total. The predicted octanol–water partition coefficient (Wildman–Crippen LogP) is 2.85. The molecule has 1 heterocycles. The molecule has 1 aromatic heterocycles. The molecule has 3 aromatic rings. The van der Waals surface area contributed by atoms with Crippen molar-refractivity contribution in [3.05, 3.63) is 59.8 Å². The molecule has 0 saturated heterocycles. The highest BCUT2D eigenvalue weighted by molar-refractivity contribution is 7.19. The van der Waals surface area contributed by atoms with E-state index in [-0.39, 0.29) is 18.7 Å². The third-order valence-corrected chi connectivity index (χ3v) is 5.35. The van der Waals surface area contributed by atoms with Gasteiger partial charge in [-0.25, -0.2) is 4.98 Å². The molecule has 0 aliphatic heterocycles. The first kappa shape index (κ1) is 16.5. The molecule has 0 fully saturated rings. The smallest absolute Gasteiger partial charge is 0.226 e. The fourth-order valence-electron chi connectivity index (χ4n) is 3.16. The molecule has 0 saturated carbocycles. The average molecular weight is 363 g/mol. The lowest BCUT2D eigenvalue weighted by Crippen LogP contribution is -2.24. The summed E-state index contributed by atoms with van der Waals surface area (Å²) in [5.41, 5.74) is 6.25. The number of amides is 1. The van der Waals surface area contributed by atoms with Crippen LogP contribution in [0.5, 0.6) is 0 Å². The maximum absolute atomic E-state index is 11.7. The van der Waals surface area contributed by atoms with Crippen molar-refractivity contribution in [1.82, 2.24) is 4.98 Å². The minimum atomic E-state index is -1.24. The van der Waals surface area contributed by atoms with Gasteiger partial charge >= 0.3 is 0 Å². The number of carboxylic acids is 1. The number of hydrogen-bond donors (Lipinski definition) is 1. The lowest BCUT2D eigenvalue weighted by molar-refractivity contribution is -0.305. The molecular formula is C20H15N2O3S-. The highest BCUT2D eigenvalue weighted by Gasteiger charge is 2.18. The fraction of sp³-hybridized carbons (Fsp3) is 0.150. The van der Waals surface area contributed by atoms with Crippen LogP contribution in [0, 0.1) is 0 Å². The zero-order chi connectivity index (χ0) is 18.1. The van der Waals surface area contributed by atoms with Crippen LogP contribution < -0.4 is 10.4 Å². The van der Waals surface area contributed by atoms with Crippen molar-refractivity contribution in [2.75, 3.05) is 5.32 Å². The number of carbonyl (C=O) groups excluding carboxylic acids is 2. The molecule has 130 valence electrons. The quantitative estimate of drug-likeness (QED) is 0.591. The SMILES string of the molecule is O=C([O-])CCC(=O)Nc1ncc(-c2ccc3c(c2)Cc2ccccc2-3)s1. The van der Waals surface area contributed by atoms with Crippen molar-refractivity contribution >= 4 is 28.3 Å². The first-order valence-electron chi connectivity index (χ1n) is 8.27. The van der Waals surface area contributed by atoms with Crippen molar-refractivity contribution in [1.29, 1.82) is 0 Å². The highest BCUT2D eigenvalue weighted by atomic mass is 32.1. The number of fused-ring (bicyclic) bond motifs is 3. The van der Waals surface area contributed by atoms with Crippen LogP contribution in [-0.2, 0) is 16.0 Å². The summed E-state index contributed by atoms with van der Waals surface area (Å²) in [5, 5.41) is 13.5. The van der Waals surface area contributed by atoms with E-state index in [1.54, 1.807) is 6.20 Å². The zero-order valence-corrected chi connectivity index (χ0v) is 14.6. The van der Waals surface area contributed by atoms with Gasteiger partial charge in [0, 0.05) is 18.6 Å². The van der Waals surface area contributed by atoms with Crippen LogP contribution in [0.2, 0.25) is 0 Å². The maximum atomic E-state index is 11.7. The Kier molecular flexibility index (Phi) is 4.26. The number of aliphatic carboxylic acids is 1. The first-order chi connectivity index (χ1) is 12.6. The van der Waals surface area contributed by atoms with E-state index in [0.29, 0.717) is 5.13 Å². The molecule has 26 heavy (non-hydrogen) atoms. The molecule has 0 radical (unpaired) electrons. The molecule has 0 atom stereocenters. The molecule has 1 aliphatic carbocycles. The molecule has 1 amide bonds. The van der Waals surface area contributed by atoms with Crippen molar-refractivity contribution in [2.24, 2.45) is 0 Å². The van der Waals surface area contributed by atoms with E-state index >= 15 is 0 Å². The second-order valence-corrected chi connectivity index (χ2v) is 7.19. The number of thiazole rings is 1. The standard InChI is InChI=1S/C20H16N2O3S/c23-18(7-8-19(24)25)22-20-21-11-17(26-20)13-5-6-16-14(10-13)9-12-3-1-2-4-15(12)16/h1-6,10-11H,7-9H2,(H,24,25)(H,21,22,23)/p-1. The number of aromatic nitrogens is 1. The molecule has 4 rings (SSSR count). The molecule has 0 unspecified atom stereocenters. The van der Waals surface area contributed by atoms with Crippen LogP contribution in [0.25, 0.3) is 21.6 Å². The van der Waals surface area contributed by atoms with E-state index in [4.69, 9.17) is 0 Å². The summed E-state index contributed by atoms with van der Waals surface area (Å²) >= 11 is 1.37. The molecule has 0 spiro atoms. The zero-order valence-electron chi connectivity index (χ0n) is 13.8. The van der Waals surface area contributed by atoms with Crippen molar-refractivity contribution in [3.8, 4) is 21.6 Å². The Morgan fingerprint density at radius 1 is 1.08 bits per heavy atom. The fourth-order valence-corrected chi connectivity index (χ4v) is 3.99. The summed E-state index contributed by atoms with van der Waals surface area (Å²) < 4.78 is 0. The maximum Gasteiger partial charge on any atom is 0.226 e. The van der Waals surface area contributed by atoms with Crippen LogP contribution in [0.15, 0.2) is 48.7 Å². The van der Waals surface area contributed by atoms with Gasteiger partial charge < -0.3 is 15.2 Å². The molecule has 6 heteroatoms. The summed E-state index contributed by atoms with van der Waals surface area (Å²) in [6.07, 6.45) is 2.23. The Labute approximate surface area is 154 Å². The number of rotatable bonds is 5. The van der Waals surface area contributed by atoms with Crippen molar-refractivity contribution < 1.29 is 14.7 Å². The third kappa shape index (κ3) is 3.23. The lowest BCUT2D eigenvalue weighted by Gasteiger charge is -2.03. The van der Waals surface area contributed by atoms with E-state index in [1.165, 1.54) is 33.6 Å². The van der Waals surface area contributed by atoms with Gasteiger partial charge in [-0.2, -0.15) is 0 Å². The topological polar surface area (TPSA) is 82.1 Å². The average Bonchev–Trinajstić information content (AvgIpc) is 3.23. The van der Waals surface area contributed by atoms with Crippen LogP contribution in [0.1, 0.15) is 24.0 Å². The molecular weight excluding hydrogens is 348 g/mol. The Hall–Kier alpha value is -2.99. The van der Waals surface area contributed by atoms with Gasteiger partial charge in [-0.3, -0.25) is 4.79 Å². The van der Waals surface area contributed by atoms with E-state index in [1.807, 2.05) is 0 Å². The minimum Gasteiger partial charge on any atom is -0.550 e. The van der Waals surface area contributed by atoms with E-state index in [2.05, 4.69) is 52.8 Å². The largest absolute Gasteiger partial charge is 0.550 e. The highest BCUT2D eigenvalue weighted by Crippen LogP contribution is 2.39. The number of benzene rings is 2. The molecule has 0 bridgehead atoms. The lowest BCUT2D eigenvalue weighted by atomic mass is 10.0. The van der Waals surface area contributed by atoms with Crippen molar-refractivity contribution in [3.63, 3.8) is 0 Å². The van der Waals surface area contributed by atoms with Gasteiger partial charge in [0.2, 0.25) is 5.91 Å². The van der Waals surface area contributed by atoms with Crippen LogP contribution in [0.3, 0.4) is 0 Å². The van der Waals surface area contributed by atoms with Crippen LogP contribution >= 0.6 is 11.3 Å². The van der Waals surface area contributed by atoms with Crippen molar-refractivity contribution in [2.45, 2.75) is 19.3 Å². The number of anilines is 1. The van der Waals surface area contributed by atoms with Gasteiger partial charge in [-0.1, -0.05) is 47.7 Å². The summed E-state index contributed by atoms with van der Waals surface area (Å²) in [5.74, 6) is -1.61.